The maximum absolute atomic E-state index is 12.8. The number of aryl methyl sites for hydroxylation is 1. The lowest BCUT2D eigenvalue weighted by atomic mass is 10.2. The number of hydrogen-bond acceptors (Lipinski definition) is 2. The number of phenols is 1. The van der Waals surface area contributed by atoms with Gasteiger partial charge in [0.25, 0.3) is 0 Å². The Bertz CT molecular complexity index is 248. The first-order chi connectivity index (χ1) is 5.15. The summed E-state index contributed by atoms with van der Waals surface area (Å²) in [5, 5.41) is 8.92. The third kappa shape index (κ3) is 1.42. The summed E-state index contributed by atoms with van der Waals surface area (Å²) in [4.78, 5) is 0. The van der Waals surface area contributed by atoms with Crippen molar-refractivity contribution in [1.82, 2.24) is 0 Å². The third-order valence-electron chi connectivity index (χ3n) is 1.42. The fourth-order valence-electron chi connectivity index (χ4n) is 0.971. The highest BCUT2D eigenvalue weighted by Gasteiger charge is 2.06. The zero-order valence-electron chi connectivity index (χ0n) is 6.39. The van der Waals surface area contributed by atoms with Crippen molar-refractivity contribution >= 4 is 0 Å². The molecule has 2 nitrogen and oxygen atoms in total. The van der Waals surface area contributed by atoms with E-state index in [0.717, 1.165) is 6.07 Å². The van der Waals surface area contributed by atoms with Gasteiger partial charge in [0.1, 0.15) is 5.75 Å². The number of methoxy groups -OCH3 is 1. The summed E-state index contributed by atoms with van der Waals surface area (Å²) >= 11 is 0. The molecule has 0 radical (unpaired) electrons. The fraction of sp³-hybridized carbons (Fsp3) is 0.250. The average molecular weight is 156 g/mol. The van der Waals surface area contributed by atoms with Crippen molar-refractivity contribution in [3.05, 3.63) is 23.5 Å². The number of hydrogen-bond donors (Lipinski definition) is 1. The van der Waals surface area contributed by atoms with Gasteiger partial charge in [-0.05, 0) is 18.6 Å². The van der Waals surface area contributed by atoms with Crippen LogP contribution in [0.15, 0.2) is 12.1 Å². The van der Waals surface area contributed by atoms with Crippen LogP contribution < -0.4 is 4.74 Å². The van der Waals surface area contributed by atoms with E-state index < -0.39 is 5.82 Å². The van der Waals surface area contributed by atoms with Crippen molar-refractivity contribution in [1.29, 1.82) is 0 Å². The lowest BCUT2D eigenvalue weighted by Crippen LogP contribution is -1.90. The van der Waals surface area contributed by atoms with Gasteiger partial charge in [0.2, 0.25) is 0 Å². The van der Waals surface area contributed by atoms with E-state index in [4.69, 9.17) is 9.84 Å². The second kappa shape index (κ2) is 2.78. The minimum absolute atomic E-state index is 0.0826. The molecule has 11 heavy (non-hydrogen) atoms. The van der Waals surface area contributed by atoms with Crippen LogP contribution >= 0.6 is 0 Å². The van der Waals surface area contributed by atoms with Crippen molar-refractivity contribution in [2.24, 2.45) is 0 Å². The number of ether oxygens (including phenoxy) is 1. The van der Waals surface area contributed by atoms with Crippen LogP contribution in [0.2, 0.25) is 0 Å². The lowest BCUT2D eigenvalue weighted by Gasteiger charge is -2.05. The van der Waals surface area contributed by atoms with Crippen LogP contribution in [0.25, 0.3) is 0 Å². The van der Waals surface area contributed by atoms with Gasteiger partial charge in [-0.15, -0.1) is 0 Å². The quantitative estimate of drug-likeness (QED) is 0.672. The highest BCUT2D eigenvalue weighted by atomic mass is 19.1. The molecule has 0 fully saturated rings. The third-order valence-corrected chi connectivity index (χ3v) is 1.42. The first-order valence-electron chi connectivity index (χ1n) is 3.18. The first-order valence-corrected chi connectivity index (χ1v) is 3.18. The van der Waals surface area contributed by atoms with Crippen molar-refractivity contribution in [3.8, 4) is 11.5 Å². The van der Waals surface area contributed by atoms with E-state index in [-0.39, 0.29) is 11.5 Å². The highest BCUT2D eigenvalue weighted by Crippen LogP contribution is 2.26. The Hall–Kier alpha value is -1.25. The first kappa shape index (κ1) is 7.85. The van der Waals surface area contributed by atoms with Gasteiger partial charge in [-0.25, -0.2) is 4.39 Å². The van der Waals surface area contributed by atoms with Gasteiger partial charge in [-0.1, -0.05) is 0 Å². The molecule has 0 spiro atoms. The van der Waals surface area contributed by atoms with Crippen LogP contribution in [-0.2, 0) is 0 Å². The second-order valence-corrected chi connectivity index (χ2v) is 2.28. The summed E-state index contributed by atoms with van der Waals surface area (Å²) in [5.74, 6) is -0.436. The number of benzene rings is 1. The molecule has 0 aromatic heterocycles. The molecule has 0 heterocycles. The van der Waals surface area contributed by atoms with Crippen molar-refractivity contribution < 1.29 is 14.2 Å². The zero-order valence-corrected chi connectivity index (χ0v) is 6.39. The number of halogens is 1. The van der Waals surface area contributed by atoms with Crippen molar-refractivity contribution in [3.63, 3.8) is 0 Å². The fourth-order valence-corrected chi connectivity index (χ4v) is 0.971. The molecular weight excluding hydrogens is 147 g/mol. The molecule has 3 heteroatoms. The van der Waals surface area contributed by atoms with Crippen LogP contribution in [-0.4, -0.2) is 12.2 Å². The van der Waals surface area contributed by atoms with E-state index in [1.807, 2.05) is 0 Å². The van der Waals surface area contributed by atoms with E-state index in [0.29, 0.717) is 5.56 Å². The van der Waals surface area contributed by atoms with E-state index in [1.54, 1.807) is 6.92 Å². The minimum Gasteiger partial charge on any atom is -0.508 e. The molecule has 0 unspecified atom stereocenters. The summed E-state index contributed by atoms with van der Waals surface area (Å²) in [5.41, 5.74) is 0.588. The molecule has 0 bridgehead atoms. The van der Waals surface area contributed by atoms with Crippen LogP contribution in [0.4, 0.5) is 4.39 Å². The van der Waals surface area contributed by atoms with Gasteiger partial charge in [-0.3, -0.25) is 0 Å². The van der Waals surface area contributed by atoms with Gasteiger partial charge in [0.15, 0.2) is 11.6 Å². The molecule has 1 N–H and O–H groups in total. The Morgan fingerprint density at radius 2 is 2.09 bits per heavy atom. The van der Waals surface area contributed by atoms with Gasteiger partial charge >= 0.3 is 0 Å². The molecular formula is C8H9FO2. The highest BCUT2D eigenvalue weighted by molar-refractivity contribution is 5.39. The summed E-state index contributed by atoms with van der Waals surface area (Å²) in [6.45, 7) is 1.67. The SMILES string of the molecule is COc1c(C)cc(O)cc1F. The van der Waals surface area contributed by atoms with Gasteiger partial charge in [0, 0.05) is 6.07 Å². The van der Waals surface area contributed by atoms with E-state index in [2.05, 4.69) is 0 Å². The molecule has 1 aromatic carbocycles. The summed E-state index contributed by atoms with van der Waals surface area (Å²) in [6, 6.07) is 2.47. The second-order valence-electron chi connectivity index (χ2n) is 2.28. The van der Waals surface area contributed by atoms with Crippen LogP contribution in [0, 0.1) is 12.7 Å². The Kier molecular flexibility index (Phi) is 1.98. The number of aromatic hydroxyl groups is 1. The van der Waals surface area contributed by atoms with Crippen LogP contribution in [0.5, 0.6) is 11.5 Å². The van der Waals surface area contributed by atoms with Gasteiger partial charge in [0.05, 0.1) is 7.11 Å². The molecule has 0 saturated heterocycles. The van der Waals surface area contributed by atoms with Crippen LogP contribution in [0.3, 0.4) is 0 Å². The predicted molar refractivity (Wildman–Crippen MR) is 39.4 cm³/mol. The molecule has 1 aromatic rings. The lowest BCUT2D eigenvalue weighted by molar-refractivity contribution is 0.379. The molecule has 0 aliphatic rings. The predicted octanol–water partition coefficient (Wildman–Crippen LogP) is 1.85. The topological polar surface area (TPSA) is 29.5 Å². The van der Waals surface area contributed by atoms with Crippen molar-refractivity contribution in [2.75, 3.05) is 7.11 Å². The Morgan fingerprint density at radius 1 is 1.45 bits per heavy atom. The van der Waals surface area contributed by atoms with Crippen LogP contribution in [0.1, 0.15) is 5.56 Å². The zero-order chi connectivity index (χ0) is 8.43. The molecule has 0 atom stereocenters. The van der Waals surface area contributed by atoms with Gasteiger partial charge in [-0.2, -0.15) is 0 Å². The maximum atomic E-state index is 12.8. The summed E-state index contributed by atoms with van der Waals surface area (Å²) in [7, 11) is 1.39. The van der Waals surface area contributed by atoms with E-state index in [9.17, 15) is 4.39 Å². The molecule has 0 saturated carbocycles. The van der Waals surface area contributed by atoms with Gasteiger partial charge < -0.3 is 9.84 Å². The number of phenolic OH excluding ortho intramolecular Hbond substituents is 1. The Morgan fingerprint density at radius 3 is 2.55 bits per heavy atom. The molecule has 0 amide bonds. The summed E-state index contributed by atoms with van der Waals surface area (Å²) in [6.07, 6.45) is 0. The molecule has 1 rings (SSSR count). The summed E-state index contributed by atoms with van der Waals surface area (Å²) < 4.78 is 17.6. The number of rotatable bonds is 1. The maximum Gasteiger partial charge on any atom is 0.168 e. The van der Waals surface area contributed by atoms with E-state index in [1.165, 1.54) is 13.2 Å². The largest absolute Gasteiger partial charge is 0.508 e. The monoisotopic (exact) mass is 156 g/mol. The molecule has 60 valence electrons. The standard InChI is InChI=1S/C8H9FO2/c1-5-3-6(10)4-7(9)8(5)11-2/h3-4,10H,1-2H3. The Balaban J connectivity index is 3.25. The molecule has 0 aliphatic carbocycles. The average Bonchev–Trinajstić information content (AvgIpc) is 1.85. The Labute approximate surface area is 64.2 Å². The minimum atomic E-state index is -0.537. The smallest absolute Gasteiger partial charge is 0.168 e. The normalized spacial score (nSPS) is 9.73. The van der Waals surface area contributed by atoms with E-state index >= 15 is 0 Å². The molecule has 0 aliphatic heterocycles. The van der Waals surface area contributed by atoms with Crippen molar-refractivity contribution in [2.45, 2.75) is 6.92 Å².